The summed E-state index contributed by atoms with van der Waals surface area (Å²) in [7, 11) is 0. The highest BCUT2D eigenvalue weighted by molar-refractivity contribution is 4.92. The fourth-order valence-corrected chi connectivity index (χ4v) is 2.33. The van der Waals surface area contributed by atoms with E-state index in [4.69, 9.17) is 5.11 Å². The summed E-state index contributed by atoms with van der Waals surface area (Å²) < 4.78 is 0. The second-order valence-corrected chi connectivity index (χ2v) is 3.57. The van der Waals surface area contributed by atoms with Crippen LogP contribution in [0.1, 0.15) is 25.7 Å². The first-order valence-corrected chi connectivity index (χ1v) is 4.27. The number of aliphatic hydroxyl groups is 1. The molecule has 2 aliphatic heterocycles. The summed E-state index contributed by atoms with van der Waals surface area (Å²) in [5.74, 6) is 0.773. The first-order chi connectivity index (χ1) is 4.90. The Morgan fingerprint density at radius 1 is 1.20 bits per heavy atom. The standard InChI is InChI=1S/C8H15NO/c10-5-8-6-1-3-7(9-8)4-2-6/h6-10H,1-5H2/t6?,7?,8-/m0/s1. The van der Waals surface area contributed by atoms with Crippen molar-refractivity contribution < 1.29 is 5.11 Å². The predicted octanol–water partition coefficient (Wildman–Crippen LogP) is 0.509. The number of fused-ring (bicyclic) bond motifs is 3. The molecule has 1 saturated carbocycles. The maximum absolute atomic E-state index is 8.95. The first kappa shape index (κ1) is 6.62. The quantitative estimate of drug-likeness (QED) is 0.557. The Morgan fingerprint density at radius 3 is 2.20 bits per heavy atom. The van der Waals surface area contributed by atoms with Crippen molar-refractivity contribution in [2.24, 2.45) is 5.92 Å². The summed E-state index contributed by atoms with van der Waals surface area (Å²) in [6, 6.07) is 1.15. The van der Waals surface area contributed by atoms with Gasteiger partial charge >= 0.3 is 0 Å². The number of aliphatic hydroxyl groups excluding tert-OH is 1. The van der Waals surface area contributed by atoms with Crippen LogP contribution < -0.4 is 5.32 Å². The van der Waals surface area contributed by atoms with E-state index in [1.54, 1.807) is 0 Å². The maximum atomic E-state index is 8.95. The summed E-state index contributed by atoms with van der Waals surface area (Å²) in [6.07, 6.45) is 5.34. The van der Waals surface area contributed by atoms with Gasteiger partial charge in [0.1, 0.15) is 0 Å². The molecule has 0 aromatic carbocycles. The van der Waals surface area contributed by atoms with Crippen LogP contribution in [0.4, 0.5) is 0 Å². The van der Waals surface area contributed by atoms with Crippen molar-refractivity contribution in [1.29, 1.82) is 0 Å². The van der Waals surface area contributed by atoms with E-state index in [1.807, 2.05) is 0 Å². The van der Waals surface area contributed by atoms with Crippen LogP contribution in [0.5, 0.6) is 0 Å². The molecule has 2 nitrogen and oxygen atoms in total. The van der Waals surface area contributed by atoms with Crippen molar-refractivity contribution in [3.05, 3.63) is 0 Å². The van der Waals surface area contributed by atoms with Gasteiger partial charge in [-0.25, -0.2) is 0 Å². The third-order valence-electron chi connectivity index (χ3n) is 2.99. The van der Waals surface area contributed by atoms with E-state index in [1.165, 1.54) is 25.7 Å². The van der Waals surface area contributed by atoms with E-state index < -0.39 is 0 Å². The molecule has 3 rings (SSSR count). The Kier molecular flexibility index (Phi) is 1.66. The van der Waals surface area contributed by atoms with Crippen LogP contribution in [0.25, 0.3) is 0 Å². The fourth-order valence-electron chi connectivity index (χ4n) is 2.33. The molecule has 2 heterocycles. The van der Waals surface area contributed by atoms with Gasteiger partial charge in [-0.2, -0.15) is 0 Å². The topological polar surface area (TPSA) is 32.3 Å². The lowest BCUT2D eigenvalue weighted by atomic mass is 9.77. The van der Waals surface area contributed by atoms with Gasteiger partial charge in [0.05, 0.1) is 6.61 Å². The van der Waals surface area contributed by atoms with Crippen molar-refractivity contribution in [3.8, 4) is 0 Å². The molecule has 58 valence electrons. The Balaban J connectivity index is 2.01. The van der Waals surface area contributed by atoms with Gasteiger partial charge in [-0.05, 0) is 31.6 Å². The van der Waals surface area contributed by atoms with Crippen molar-refractivity contribution in [1.82, 2.24) is 5.32 Å². The lowest BCUT2D eigenvalue weighted by Crippen LogP contribution is -2.53. The van der Waals surface area contributed by atoms with Crippen molar-refractivity contribution in [2.75, 3.05) is 6.61 Å². The largest absolute Gasteiger partial charge is 0.395 e. The SMILES string of the molecule is OC[C@@H]1NC2CCC1CC2. The average Bonchev–Trinajstić information content (AvgIpc) is 2.06. The van der Waals surface area contributed by atoms with Gasteiger partial charge in [-0.15, -0.1) is 0 Å². The fraction of sp³-hybridized carbons (Fsp3) is 1.00. The summed E-state index contributed by atoms with van der Waals surface area (Å²) >= 11 is 0. The molecule has 10 heavy (non-hydrogen) atoms. The molecule has 1 aliphatic carbocycles. The number of rotatable bonds is 1. The Labute approximate surface area is 61.6 Å². The monoisotopic (exact) mass is 141 g/mol. The number of nitrogens with one attached hydrogen (secondary N) is 1. The van der Waals surface area contributed by atoms with Gasteiger partial charge < -0.3 is 10.4 Å². The van der Waals surface area contributed by atoms with Gasteiger partial charge in [-0.1, -0.05) is 0 Å². The van der Waals surface area contributed by atoms with Crippen molar-refractivity contribution in [3.63, 3.8) is 0 Å². The average molecular weight is 141 g/mol. The lowest BCUT2D eigenvalue weighted by molar-refractivity contribution is 0.0978. The summed E-state index contributed by atoms with van der Waals surface area (Å²) in [6.45, 7) is 0.334. The van der Waals surface area contributed by atoms with E-state index in [9.17, 15) is 0 Å². The molecule has 0 amide bonds. The van der Waals surface area contributed by atoms with Crippen LogP contribution in [-0.4, -0.2) is 23.8 Å². The van der Waals surface area contributed by atoms with Gasteiger partial charge in [0.25, 0.3) is 0 Å². The molecule has 2 bridgehead atoms. The van der Waals surface area contributed by atoms with Gasteiger partial charge in [-0.3, -0.25) is 0 Å². The van der Waals surface area contributed by atoms with E-state index in [0.29, 0.717) is 12.6 Å². The number of hydrogen-bond acceptors (Lipinski definition) is 2. The second kappa shape index (κ2) is 2.51. The highest BCUT2D eigenvalue weighted by Crippen LogP contribution is 2.32. The molecule has 0 unspecified atom stereocenters. The molecule has 0 radical (unpaired) electrons. The number of piperidine rings is 2. The van der Waals surface area contributed by atoms with Crippen LogP contribution in [0.3, 0.4) is 0 Å². The zero-order valence-corrected chi connectivity index (χ0v) is 6.21. The van der Waals surface area contributed by atoms with Gasteiger partial charge in [0.15, 0.2) is 0 Å². The third kappa shape index (κ3) is 0.956. The van der Waals surface area contributed by atoms with Crippen LogP contribution in [0.2, 0.25) is 0 Å². The summed E-state index contributed by atoms with van der Waals surface area (Å²) in [5, 5.41) is 12.4. The molecular weight excluding hydrogens is 126 g/mol. The molecule has 2 heteroatoms. The molecule has 3 fully saturated rings. The van der Waals surface area contributed by atoms with Crippen molar-refractivity contribution in [2.45, 2.75) is 37.8 Å². The zero-order valence-electron chi connectivity index (χ0n) is 6.21. The van der Waals surface area contributed by atoms with Crippen molar-refractivity contribution >= 4 is 0 Å². The molecule has 1 atom stereocenters. The molecule has 2 saturated heterocycles. The van der Waals surface area contributed by atoms with E-state index in [0.717, 1.165) is 12.0 Å². The predicted molar refractivity (Wildman–Crippen MR) is 39.8 cm³/mol. The van der Waals surface area contributed by atoms with Crippen LogP contribution in [-0.2, 0) is 0 Å². The summed E-state index contributed by atoms with van der Waals surface area (Å²) in [5.41, 5.74) is 0. The van der Waals surface area contributed by atoms with E-state index >= 15 is 0 Å². The molecule has 0 spiro atoms. The first-order valence-electron chi connectivity index (χ1n) is 4.27. The molecule has 3 aliphatic rings. The number of hydrogen-bond donors (Lipinski definition) is 2. The van der Waals surface area contributed by atoms with E-state index in [-0.39, 0.29) is 0 Å². The smallest absolute Gasteiger partial charge is 0.0587 e. The minimum atomic E-state index is 0.334. The lowest BCUT2D eigenvalue weighted by Gasteiger charge is -2.42. The Morgan fingerprint density at radius 2 is 1.90 bits per heavy atom. The van der Waals surface area contributed by atoms with Crippen LogP contribution in [0, 0.1) is 5.92 Å². The molecule has 0 aromatic heterocycles. The normalized spacial score (nSPS) is 45.9. The molecule has 0 aromatic rings. The minimum absolute atomic E-state index is 0.334. The summed E-state index contributed by atoms with van der Waals surface area (Å²) in [4.78, 5) is 0. The molecular formula is C8H15NO. The minimum Gasteiger partial charge on any atom is -0.395 e. The highest BCUT2D eigenvalue weighted by atomic mass is 16.3. The molecule has 2 N–H and O–H groups in total. The van der Waals surface area contributed by atoms with Crippen LogP contribution >= 0.6 is 0 Å². The Hall–Kier alpha value is -0.0800. The van der Waals surface area contributed by atoms with E-state index in [2.05, 4.69) is 5.32 Å². The van der Waals surface area contributed by atoms with Crippen LogP contribution in [0.15, 0.2) is 0 Å². The second-order valence-electron chi connectivity index (χ2n) is 3.57. The van der Waals surface area contributed by atoms with Gasteiger partial charge in [0.2, 0.25) is 0 Å². The van der Waals surface area contributed by atoms with Gasteiger partial charge in [0, 0.05) is 12.1 Å². The zero-order chi connectivity index (χ0) is 6.97. The maximum Gasteiger partial charge on any atom is 0.0587 e. The third-order valence-corrected chi connectivity index (χ3v) is 2.99. The Bertz CT molecular complexity index is 118. The highest BCUT2D eigenvalue weighted by Gasteiger charge is 2.34.